The van der Waals surface area contributed by atoms with E-state index < -0.39 is 17.7 Å². The summed E-state index contributed by atoms with van der Waals surface area (Å²) < 4.78 is 51.3. The second-order valence-corrected chi connectivity index (χ2v) is 6.97. The van der Waals surface area contributed by atoms with Crippen LogP contribution in [0, 0.1) is 5.95 Å². The van der Waals surface area contributed by atoms with E-state index >= 15 is 0 Å². The molecule has 0 aromatic carbocycles. The van der Waals surface area contributed by atoms with E-state index in [-0.39, 0.29) is 17.5 Å². The molecule has 1 aliphatic rings. The molecule has 2 N–H and O–H groups in total. The van der Waals surface area contributed by atoms with Gasteiger partial charge in [0, 0.05) is 37.1 Å². The fraction of sp³-hybridized carbons (Fsp3) is 0.316. The van der Waals surface area contributed by atoms with Gasteiger partial charge in [0.15, 0.2) is 0 Å². The molecule has 6 nitrogen and oxygen atoms in total. The summed E-state index contributed by atoms with van der Waals surface area (Å²) in [6, 6.07) is 5.25. The van der Waals surface area contributed by atoms with E-state index in [1.807, 2.05) is 0 Å². The zero-order valence-electron chi connectivity index (χ0n) is 15.1. The monoisotopic (exact) mass is 407 g/mol. The topological polar surface area (TPSA) is 77.7 Å². The van der Waals surface area contributed by atoms with Gasteiger partial charge in [-0.25, -0.2) is 4.98 Å². The van der Waals surface area contributed by atoms with Gasteiger partial charge in [-0.3, -0.25) is 9.89 Å². The molecular formula is C19H17F4N5O. The lowest BCUT2D eigenvalue weighted by atomic mass is 9.94. The number of carbonyl (C=O) groups excluding carboxylic acids is 1. The maximum absolute atomic E-state index is 13.0. The number of likely N-dealkylation sites (tertiary alicyclic amines) is 1. The summed E-state index contributed by atoms with van der Waals surface area (Å²) in [5, 5.41) is 6.99. The highest BCUT2D eigenvalue weighted by Gasteiger charge is 2.32. The van der Waals surface area contributed by atoms with Crippen LogP contribution < -0.4 is 0 Å². The summed E-state index contributed by atoms with van der Waals surface area (Å²) in [5.74, 6) is -0.915. The Morgan fingerprint density at radius 1 is 1.24 bits per heavy atom. The molecule has 1 atom stereocenters. The average molecular weight is 407 g/mol. The number of alkyl halides is 3. The number of carbonyl (C=O) groups is 1. The Morgan fingerprint density at radius 3 is 2.76 bits per heavy atom. The summed E-state index contributed by atoms with van der Waals surface area (Å²) in [7, 11) is 0. The number of aromatic nitrogens is 4. The molecule has 0 bridgehead atoms. The number of hydrogen-bond donors (Lipinski definition) is 2. The van der Waals surface area contributed by atoms with Crippen molar-refractivity contribution in [2.45, 2.75) is 24.9 Å². The molecule has 1 aliphatic heterocycles. The molecule has 3 aromatic heterocycles. The van der Waals surface area contributed by atoms with Crippen molar-refractivity contribution in [3.8, 4) is 11.4 Å². The summed E-state index contributed by atoms with van der Waals surface area (Å²) in [6.07, 6.45) is -0.737. The minimum absolute atomic E-state index is 0.0283. The fourth-order valence-electron chi connectivity index (χ4n) is 3.49. The summed E-state index contributed by atoms with van der Waals surface area (Å²) >= 11 is 0. The third-order valence-electron chi connectivity index (χ3n) is 5.01. The van der Waals surface area contributed by atoms with Gasteiger partial charge in [-0.1, -0.05) is 0 Å². The number of halogens is 4. The number of nitrogens with zero attached hydrogens (tertiary/aromatic N) is 3. The largest absolute Gasteiger partial charge is 0.417 e. The van der Waals surface area contributed by atoms with E-state index in [0.717, 1.165) is 36.9 Å². The van der Waals surface area contributed by atoms with Gasteiger partial charge in [-0.2, -0.15) is 22.7 Å². The Labute approximate surface area is 163 Å². The Morgan fingerprint density at radius 2 is 2.07 bits per heavy atom. The van der Waals surface area contributed by atoms with Crippen LogP contribution in [0.25, 0.3) is 11.4 Å². The standard InChI is InChI=1S/C19H17F4N5O/c20-17-4-3-11(8-25-17)18(29)28-5-1-2-12(10-28)14-7-16(27-26-14)15-6-13(9-24-15)19(21,22)23/h3-4,6-9,12,24H,1-2,5,10H2,(H,26,27)/t12-/m0/s1. The van der Waals surface area contributed by atoms with E-state index in [0.29, 0.717) is 24.3 Å². The van der Waals surface area contributed by atoms with Crippen molar-refractivity contribution < 1.29 is 22.4 Å². The van der Waals surface area contributed by atoms with Crippen LogP contribution >= 0.6 is 0 Å². The minimum atomic E-state index is -4.42. The van der Waals surface area contributed by atoms with Gasteiger partial charge in [0.1, 0.15) is 5.69 Å². The summed E-state index contributed by atoms with van der Waals surface area (Å²) in [5.41, 5.74) is 0.934. The lowest BCUT2D eigenvalue weighted by Crippen LogP contribution is -2.39. The molecule has 3 aromatic rings. The molecule has 0 spiro atoms. The van der Waals surface area contributed by atoms with E-state index in [2.05, 4.69) is 20.2 Å². The minimum Gasteiger partial charge on any atom is -0.359 e. The molecule has 1 saturated heterocycles. The number of piperidine rings is 1. The molecule has 29 heavy (non-hydrogen) atoms. The number of amides is 1. The Hall–Kier alpha value is -3.17. The lowest BCUT2D eigenvalue weighted by Gasteiger charge is -2.32. The smallest absolute Gasteiger partial charge is 0.359 e. The molecule has 0 radical (unpaired) electrons. The molecule has 10 heteroatoms. The first-order chi connectivity index (χ1) is 13.8. The summed E-state index contributed by atoms with van der Waals surface area (Å²) in [6.45, 7) is 0.996. The number of rotatable bonds is 3. The molecule has 0 unspecified atom stereocenters. The molecule has 1 amide bonds. The SMILES string of the molecule is O=C(c1ccc(F)nc1)N1CCC[C@H](c2cc(-c3cc(C(F)(F)F)c[nH]3)n[nH]2)C1. The quantitative estimate of drug-likeness (QED) is 0.509. The number of hydrogen-bond acceptors (Lipinski definition) is 3. The Bertz CT molecular complexity index is 1010. The highest BCUT2D eigenvalue weighted by Crippen LogP contribution is 2.33. The fourth-order valence-corrected chi connectivity index (χ4v) is 3.49. The molecule has 0 saturated carbocycles. The average Bonchev–Trinajstić information content (AvgIpc) is 3.37. The zero-order valence-corrected chi connectivity index (χ0v) is 15.1. The van der Waals surface area contributed by atoms with Crippen molar-refractivity contribution in [1.29, 1.82) is 0 Å². The van der Waals surface area contributed by atoms with Crippen molar-refractivity contribution in [3.05, 3.63) is 59.4 Å². The van der Waals surface area contributed by atoms with Gasteiger partial charge in [0.05, 0.1) is 16.8 Å². The molecule has 4 heterocycles. The van der Waals surface area contributed by atoms with Gasteiger partial charge < -0.3 is 9.88 Å². The summed E-state index contributed by atoms with van der Waals surface area (Å²) in [4.78, 5) is 20.4. The third-order valence-corrected chi connectivity index (χ3v) is 5.01. The van der Waals surface area contributed by atoms with Crippen molar-refractivity contribution in [2.75, 3.05) is 13.1 Å². The number of pyridine rings is 1. The highest BCUT2D eigenvalue weighted by atomic mass is 19.4. The first-order valence-corrected chi connectivity index (χ1v) is 9.03. The molecule has 152 valence electrons. The van der Waals surface area contributed by atoms with Crippen LogP contribution in [0.5, 0.6) is 0 Å². The van der Waals surface area contributed by atoms with E-state index in [1.165, 1.54) is 12.3 Å². The Kier molecular flexibility index (Phi) is 4.85. The van der Waals surface area contributed by atoms with Gasteiger partial charge in [-0.05, 0) is 37.1 Å². The second kappa shape index (κ2) is 7.34. The predicted octanol–water partition coefficient (Wildman–Crippen LogP) is 3.98. The van der Waals surface area contributed by atoms with Crippen molar-refractivity contribution in [2.24, 2.45) is 0 Å². The van der Waals surface area contributed by atoms with Gasteiger partial charge in [0.25, 0.3) is 5.91 Å². The van der Waals surface area contributed by atoms with E-state index in [1.54, 1.807) is 11.0 Å². The maximum atomic E-state index is 13.0. The van der Waals surface area contributed by atoms with Crippen molar-refractivity contribution in [1.82, 2.24) is 25.1 Å². The highest BCUT2D eigenvalue weighted by molar-refractivity contribution is 5.94. The van der Waals surface area contributed by atoms with Crippen LogP contribution in [0.1, 0.15) is 40.4 Å². The van der Waals surface area contributed by atoms with Crippen LogP contribution in [0.2, 0.25) is 0 Å². The van der Waals surface area contributed by atoms with Crippen LogP contribution in [0.15, 0.2) is 36.7 Å². The lowest BCUT2D eigenvalue weighted by molar-refractivity contribution is -0.137. The van der Waals surface area contributed by atoms with E-state index in [4.69, 9.17) is 0 Å². The van der Waals surface area contributed by atoms with Crippen molar-refractivity contribution >= 4 is 5.91 Å². The van der Waals surface area contributed by atoms with Crippen LogP contribution in [-0.2, 0) is 6.18 Å². The first-order valence-electron chi connectivity index (χ1n) is 9.03. The second-order valence-electron chi connectivity index (χ2n) is 6.97. The molecular weight excluding hydrogens is 390 g/mol. The van der Waals surface area contributed by atoms with Crippen LogP contribution in [-0.4, -0.2) is 44.1 Å². The van der Waals surface area contributed by atoms with Crippen LogP contribution in [0.3, 0.4) is 0 Å². The van der Waals surface area contributed by atoms with Crippen molar-refractivity contribution in [3.63, 3.8) is 0 Å². The molecule has 4 rings (SSSR count). The molecule has 1 fully saturated rings. The van der Waals surface area contributed by atoms with Gasteiger partial charge in [-0.15, -0.1) is 0 Å². The first kappa shape index (κ1) is 19.2. The number of H-pyrrole nitrogens is 2. The zero-order chi connectivity index (χ0) is 20.6. The maximum Gasteiger partial charge on any atom is 0.417 e. The van der Waals surface area contributed by atoms with Gasteiger partial charge >= 0.3 is 6.18 Å². The Balaban J connectivity index is 1.48. The number of aromatic amines is 2. The predicted molar refractivity (Wildman–Crippen MR) is 95.4 cm³/mol. The van der Waals surface area contributed by atoms with E-state index in [9.17, 15) is 22.4 Å². The molecule has 0 aliphatic carbocycles. The van der Waals surface area contributed by atoms with Crippen LogP contribution in [0.4, 0.5) is 17.6 Å². The number of nitrogens with one attached hydrogen (secondary N) is 2. The van der Waals surface area contributed by atoms with Gasteiger partial charge in [0.2, 0.25) is 5.95 Å². The third kappa shape index (κ3) is 4.01. The normalized spacial score (nSPS) is 17.5.